The van der Waals surface area contributed by atoms with Crippen LogP contribution in [0.4, 0.5) is 0 Å². The monoisotopic (exact) mass is 253 g/mol. The van der Waals surface area contributed by atoms with Crippen molar-refractivity contribution in [2.45, 2.75) is 0 Å². The normalized spacial score (nSPS) is 10.3. The Morgan fingerprint density at radius 1 is 1.44 bits per heavy atom. The van der Waals surface area contributed by atoms with E-state index in [1.807, 2.05) is 24.3 Å². The standard InChI is InChI=1S/C11H8ClNO2S/c12-9-7-3-1-2-4-8(7)16-10(9)11(15)13-5-6-14/h1-4,6H,5H2,(H,13,15). The van der Waals surface area contributed by atoms with E-state index in [-0.39, 0.29) is 12.5 Å². The maximum absolute atomic E-state index is 11.7. The molecule has 0 unspecified atom stereocenters. The summed E-state index contributed by atoms with van der Waals surface area (Å²) >= 11 is 7.41. The van der Waals surface area contributed by atoms with Crippen molar-refractivity contribution in [2.75, 3.05) is 6.54 Å². The van der Waals surface area contributed by atoms with E-state index in [0.717, 1.165) is 10.1 Å². The summed E-state index contributed by atoms with van der Waals surface area (Å²) in [6, 6.07) is 7.53. The van der Waals surface area contributed by atoms with Gasteiger partial charge in [-0.25, -0.2) is 0 Å². The Hall–Kier alpha value is -1.39. The van der Waals surface area contributed by atoms with Gasteiger partial charge in [-0.05, 0) is 6.07 Å². The fourth-order valence-corrected chi connectivity index (χ4v) is 2.81. The maximum Gasteiger partial charge on any atom is 0.263 e. The first kappa shape index (κ1) is 11.1. The highest BCUT2D eigenvalue weighted by molar-refractivity contribution is 7.21. The van der Waals surface area contributed by atoms with Gasteiger partial charge in [-0.1, -0.05) is 29.8 Å². The van der Waals surface area contributed by atoms with Gasteiger partial charge in [0, 0.05) is 10.1 Å². The van der Waals surface area contributed by atoms with Gasteiger partial charge in [0.2, 0.25) is 0 Å². The highest BCUT2D eigenvalue weighted by atomic mass is 35.5. The number of carbonyl (C=O) groups excluding carboxylic acids is 2. The molecule has 0 radical (unpaired) electrons. The second-order valence-electron chi connectivity index (χ2n) is 3.12. The van der Waals surface area contributed by atoms with Crippen molar-refractivity contribution in [3.63, 3.8) is 0 Å². The highest BCUT2D eigenvalue weighted by Gasteiger charge is 2.15. The number of hydrogen-bond acceptors (Lipinski definition) is 3. The fraction of sp³-hybridized carbons (Fsp3) is 0.0909. The summed E-state index contributed by atoms with van der Waals surface area (Å²) in [6.45, 7) is 0.00338. The summed E-state index contributed by atoms with van der Waals surface area (Å²) in [5, 5.41) is 3.78. The van der Waals surface area contributed by atoms with Crippen LogP contribution in [0, 0.1) is 0 Å². The quantitative estimate of drug-likeness (QED) is 0.855. The van der Waals surface area contributed by atoms with Crippen LogP contribution in [0.3, 0.4) is 0 Å². The Balaban J connectivity index is 2.41. The minimum Gasteiger partial charge on any atom is -0.345 e. The molecule has 0 aliphatic rings. The number of aldehydes is 1. The number of fused-ring (bicyclic) bond motifs is 1. The third kappa shape index (κ3) is 1.94. The Labute approximate surface area is 101 Å². The summed E-state index contributed by atoms with van der Waals surface area (Å²) in [5.74, 6) is -0.307. The lowest BCUT2D eigenvalue weighted by atomic mass is 10.2. The summed E-state index contributed by atoms with van der Waals surface area (Å²) in [4.78, 5) is 22.3. The third-order valence-electron chi connectivity index (χ3n) is 2.09. The molecule has 1 heterocycles. The molecule has 1 aromatic carbocycles. The zero-order valence-electron chi connectivity index (χ0n) is 8.20. The van der Waals surface area contributed by atoms with Crippen molar-refractivity contribution in [3.8, 4) is 0 Å². The molecule has 0 saturated carbocycles. The number of benzene rings is 1. The van der Waals surface area contributed by atoms with Crippen LogP contribution >= 0.6 is 22.9 Å². The Bertz CT molecular complexity index is 550. The largest absolute Gasteiger partial charge is 0.345 e. The molecule has 1 N–H and O–H groups in total. The van der Waals surface area contributed by atoms with Crippen LogP contribution < -0.4 is 5.32 Å². The molecule has 3 nitrogen and oxygen atoms in total. The number of carbonyl (C=O) groups is 2. The van der Waals surface area contributed by atoms with Crippen molar-refractivity contribution in [1.29, 1.82) is 0 Å². The lowest BCUT2D eigenvalue weighted by Gasteiger charge is -1.97. The fourth-order valence-electron chi connectivity index (χ4n) is 1.37. The SMILES string of the molecule is O=CCNC(=O)c1sc2ccccc2c1Cl. The van der Waals surface area contributed by atoms with E-state index in [0.29, 0.717) is 16.2 Å². The van der Waals surface area contributed by atoms with Gasteiger partial charge in [-0.15, -0.1) is 11.3 Å². The molecule has 5 heteroatoms. The van der Waals surface area contributed by atoms with Crippen molar-refractivity contribution in [3.05, 3.63) is 34.2 Å². The second-order valence-corrected chi connectivity index (χ2v) is 4.55. The highest BCUT2D eigenvalue weighted by Crippen LogP contribution is 2.34. The molecule has 2 rings (SSSR count). The van der Waals surface area contributed by atoms with Crippen molar-refractivity contribution < 1.29 is 9.59 Å². The lowest BCUT2D eigenvalue weighted by Crippen LogP contribution is -2.24. The van der Waals surface area contributed by atoms with Crippen molar-refractivity contribution >= 4 is 45.2 Å². The number of amides is 1. The predicted molar refractivity (Wildman–Crippen MR) is 65.2 cm³/mol. The molecule has 2 aromatic rings. The number of rotatable bonds is 3. The lowest BCUT2D eigenvalue weighted by molar-refractivity contribution is -0.107. The molecule has 1 aromatic heterocycles. The third-order valence-corrected chi connectivity index (χ3v) is 3.76. The molecule has 0 spiro atoms. The molecule has 0 saturated heterocycles. The smallest absolute Gasteiger partial charge is 0.263 e. The Kier molecular flexibility index (Phi) is 3.22. The summed E-state index contributed by atoms with van der Waals surface area (Å²) < 4.78 is 0.962. The molecular formula is C11H8ClNO2S. The van der Waals surface area contributed by atoms with E-state index in [4.69, 9.17) is 11.6 Å². The first-order chi connectivity index (χ1) is 7.74. The summed E-state index contributed by atoms with van der Waals surface area (Å²) in [5.41, 5.74) is 0. The zero-order chi connectivity index (χ0) is 11.5. The van der Waals surface area contributed by atoms with Crippen LogP contribution in [0.5, 0.6) is 0 Å². The summed E-state index contributed by atoms with van der Waals surface area (Å²) in [7, 11) is 0. The maximum atomic E-state index is 11.7. The van der Waals surface area contributed by atoms with Gasteiger partial charge in [0.1, 0.15) is 11.2 Å². The van der Waals surface area contributed by atoms with E-state index < -0.39 is 0 Å². The van der Waals surface area contributed by atoms with Gasteiger partial charge in [0.25, 0.3) is 5.91 Å². The first-order valence-electron chi connectivity index (χ1n) is 4.63. The van der Waals surface area contributed by atoms with Crippen LogP contribution in [0.15, 0.2) is 24.3 Å². The van der Waals surface area contributed by atoms with Gasteiger partial charge in [-0.3, -0.25) is 4.79 Å². The van der Waals surface area contributed by atoms with E-state index in [9.17, 15) is 9.59 Å². The first-order valence-corrected chi connectivity index (χ1v) is 5.82. The van der Waals surface area contributed by atoms with E-state index in [2.05, 4.69) is 5.32 Å². The number of nitrogens with one attached hydrogen (secondary N) is 1. The summed E-state index contributed by atoms with van der Waals surface area (Å²) in [6.07, 6.45) is 0.638. The molecule has 0 fully saturated rings. The molecule has 16 heavy (non-hydrogen) atoms. The number of halogens is 1. The molecule has 0 aliphatic heterocycles. The van der Waals surface area contributed by atoms with Crippen LogP contribution in [0.25, 0.3) is 10.1 Å². The van der Waals surface area contributed by atoms with Crippen molar-refractivity contribution in [2.24, 2.45) is 0 Å². The van der Waals surface area contributed by atoms with Crippen LogP contribution in [0.2, 0.25) is 5.02 Å². The van der Waals surface area contributed by atoms with E-state index >= 15 is 0 Å². The van der Waals surface area contributed by atoms with Gasteiger partial charge >= 0.3 is 0 Å². The van der Waals surface area contributed by atoms with Gasteiger partial charge in [-0.2, -0.15) is 0 Å². The molecular weight excluding hydrogens is 246 g/mol. The van der Waals surface area contributed by atoms with E-state index in [1.165, 1.54) is 11.3 Å². The predicted octanol–water partition coefficient (Wildman–Crippen LogP) is 2.48. The minimum atomic E-state index is -0.307. The average Bonchev–Trinajstić information content (AvgIpc) is 2.64. The minimum absolute atomic E-state index is 0.00338. The molecule has 1 amide bonds. The number of hydrogen-bond donors (Lipinski definition) is 1. The Morgan fingerprint density at radius 2 is 2.19 bits per heavy atom. The van der Waals surface area contributed by atoms with Crippen LogP contribution in [0.1, 0.15) is 9.67 Å². The second kappa shape index (κ2) is 4.63. The van der Waals surface area contributed by atoms with E-state index in [1.54, 1.807) is 0 Å². The zero-order valence-corrected chi connectivity index (χ0v) is 9.77. The molecule has 0 atom stereocenters. The van der Waals surface area contributed by atoms with Crippen LogP contribution in [-0.4, -0.2) is 18.7 Å². The van der Waals surface area contributed by atoms with Crippen molar-refractivity contribution in [1.82, 2.24) is 5.32 Å². The average molecular weight is 254 g/mol. The van der Waals surface area contributed by atoms with Gasteiger partial charge < -0.3 is 10.1 Å². The Morgan fingerprint density at radius 3 is 2.88 bits per heavy atom. The molecule has 0 aliphatic carbocycles. The van der Waals surface area contributed by atoms with Gasteiger partial charge in [0.05, 0.1) is 11.6 Å². The molecule has 0 bridgehead atoms. The topological polar surface area (TPSA) is 46.2 Å². The number of thiophene rings is 1. The van der Waals surface area contributed by atoms with Crippen LogP contribution in [-0.2, 0) is 4.79 Å². The van der Waals surface area contributed by atoms with Gasteiger partial charge in [0.15, 0.2) is 0 Å². The molecule has 82 valence electrons.